The minimum atomic E-state index is -0.894. The third kappa shape index (κ3) is 3.64. The van der Waals surface area contributed by atoms with Gasteiger partial charge in [0.2, 0.25) is 0 Å². The molecule has 1 unspecified atom stereocenters. The van der Waals surface area contributed by atoms with Crippen molar-refractivity contribution in [3.63, 3.8) is 0 Å². The van der Waals surface area contributed by atoms with Gasteiger partial charge in [0.1, 0.15) is 11.6 Å². The van der Waals surface area contributed by atoms with E-state index in [1.807, 2.05) is 0 Å². The molecular formula is C15H25NO4. The summed E-state index contributed by atoms with van der Waals surface area (Å²) in [7, 11) is 0. The first-order chi connectivity index (χ1) is 9.29. The van der Waals surface area contributed by atoms with Crippen LogP contribution >= 0.6 is 0 Å². The van der Waals surface area contributed by atoms with E-state index < -0.39 is 23.7 Å². The van der Waals surface area contributed by atoms with Gasteiger partial charge in [-0.25, -0.2) is 9.59 Å². The molecule has 0 radical (unpaired) electrons. The summed E-state index contributed by atoms with van der Waals surface area (Å²) in [5, 5.41) is 9.58. The molecule has 0 saturated heterocycles. The van der Waals surface area contributed by atoms with Gasteiger partial charge in [-0.2, -0.15) is 0 Å². The van der Waals surface area contributed by atoms with E-state index in [0.29, 0.717) is 0 Å². The Morgan fingerprint density at radius 1 is 1.15 bits per heavy atom. The Morgan fingerprint density at radius 3 is 2.10 bits per heavy atom. The van der Waals surface area contributed by atoms with Crippen molar-refractivity contribution in [3.8, 4) is 0 Å². The highest BCUT2D eigenvalue weighted by Crippen LogP contribution is 2.37. The number of amides is 1. The molecule has 0 aromatic heterocycles. The number of carboxylic acid groups (broad SMARTS) is 1. The maximum absolute atomic E-state index is 12.4. The number of aliphatic carboxylic acids is 1. The van der Waals surface area contributed by atoms with Crippen LogP contribution in [-0.2, 0) is 9.53 Å². The Hall–Kier alpha value is -1.26. The summed E-state index contributed by atoms with van der Waals surface area (Å²) in [6.07, 6.45) is 5.19. The van der Waals surface area contributed by atoms with Gasteiger partial charge in [-0.1, -0.05) is 12.8 Å². The summed E-state index contributed by atoms with van der Waals surface area (Å²) >= 11 is 0. The van der Waals surface area contributed by atoms with Gasteiger partial charge >= 0.3 is 12.1 Å². The van der Waals surface area contributed by atoms with E-state index in [1.54, 1.807) is 20.8 Å². The number of carbonyl (C=O) groups is 2. The third-order valence-corrected chi connectivity index (χ3v) is 3.94. The predicted octanol–water partition coefficient (Wildman–Crippen LogP) is 3.03. The lowest BCUT2D eigenvalue weighted by atomic mass is 9.96. The highest BCUT2D eigenvalue weighted by atomic mass is 16.6. The van der Waals surface area contributed by atoms with Crippen LogP contribution in [0.25, 0.3) is 0 Å². The second kappa shape index (κ2) is 5.62. The Bertz CT molecular complexity index is 378. The van der Waals surface area contributed by atoms with E-state index >= 15 is 0 Å². The number of rotatable bonds is 4. The number of carboxylic acids is 1. The van der Waals surface area contributed by atoms with Gasteiger partial charge in [0.05, 0.1) is 0 Å². The van der Waals surface area contributed by atoms with Crippen molar-refractivity contribution in [3.05, 3.63) is 0 Å². The second-order valence-electron chi connectivity index (χ2n) is 6.95. The van der Waals surface area contributed by atoms with Crippen LogP contribution in [-0.4, -0.2) is 39.8 Å². The molecule has 1 N–H and O–H groups in total. The quantitative estimate of drug-likeness (QED) is 0.861. The molecule has 2 fully saturated rings. The fourth-order valence-corrected chi connectivity index (χ4v) is 2.98. The van der Waals surface area contributed by atoms with Crippen molar-refractivity contribution < 1.29 is 19.4 Å². The van der Waals surface area contributed by atoms with Gasteiger partial charge in [-0.3, -0.25) is 4.90 Å². The van der Waals surface area contributed by atoms with Crippen molar-refractivity contribution in [1.82, 2.24) is 4.90 Å². The van der Waals surface area contributed by atoms with Crippen LogP contribution in [0.1, 0.15) is 59.3 Å². The van der Waals surface area contributed by atoms with Crippen LogP contribution in [0.2, 0.25) is 0 Å². The molecule has 1 amide bonds. The highest BCUT2D eigenvalue weighted by molar-refractivity contribution is 5.81. The van der Waals surface area contributed by atoms with E-state index in [9.17, 15) is 14.7 Å². The zero-order valence-corrected chi connectivity index (χ0v) is 12.6. The summed E-state index contributed by atoms with van der Waals surface area (Å²) < 4.78 is 5.42. The molecule has 0 aliphatic heterocycles. The fourth-order valence-electron chi connectivity index (χ4n) is 2.98. The second-order valence-corrected chi connectivity index (χ2v) is 6.95. The molecule has 2 saturated carbocycles. The molecule has 0 bridgehead atoms. The van der Waals surface area contributed by atoms with Crippen LogP contribution in [0.15, 0.2) is 0 Å². The maximum Gasteiger partial charge on any atom is 0.411 e. The first-order valence-electron chi connectivity index (χ1n) is 7.54. The number of ether oxygens (including phenoxy) is 1. The summed E-state index contributed by atoms with van der Waals surface area (Å²) in [5.41, 5.74) is -0.594. The van der Waals surface area contributed by atoms with Crippen molar-refractivity contribution in [2.24, 2.45) is 5.92 Å². The third-order valence-electron chi connectivity index (χ3n) is 3.94. The molecule has 2 aliphatic rings. The number of nitrogens with zero attached hydrogens (tertiary/aromatic N) is 1. The van der Waals surface area contributed by atoms with E-state index in [4.69, 9.17) is 4.74 Å². The molecule has 0 spiro atoms. The molecule has 0 aromatic rings. The average Bonchev–Trinajstić information content (AvgIpc) is 2.98. The zero-order chi connectivity index (χ0) is 14.9. The summed E-state index contributed by atoms with van der Waals surface area (Å²) in [5.74, 6) is -0.824. The van der Waals surface area contributed by atoms with Crippen molar-refractivity contribution >= 4 is 12.1 Å². The molecule has 2 aliphatic carbocycles. The molecule has 20 heavy (non-hydrogen) atoms. The Balaban J connectivity index is 2.16. The lowest BCUT2D eigenvalue weighted by Crippen LogP contribution is -2.51. The molecule has 114 valence electrons. The van der Waals surface area contributed by atoms with E-state index in [2.05, 4.69) is 0 Å². The molecule has 5 nitrogen and oxygen atoms in total. The van der Waals surface area contributed by atoms with Gasteiger partial charge in [0.25, 0.3) is 0 Å². The van der Waals surface area contributed by atoms with Gasteiger partial charge in [-0.15, -0.1) is 0 Å². The SMILES string of the molecule is CC(C)(C)OC(=O)N(C1CC1)C(C(=O)O)C1CCCC1. The fraction of sp³-hybridized carbons (Fsp3) is 0.867. The number of carbonyl (C=O) groups excluding carboxylic acids is 1. The van der Waals surface area contributed by atoms with Crippen molar-refractivity contribution in [1.29, 1.82) is 0 Å². The minimum absolute atomic E-state index is 0.0477. The van der Waals surface area contributed by atoms with Crippen LogP contribution < -0.4 is 0 Å². The molecule has 1 atom stereocenters. The van der Waals surface area contributed by atoms with Gasteiger partial charge in [0.15, 0.2) is 0 Å². The minimum Gasteiger partial charge on any atom is -0.480 e. The van der Waals surface area contributed by atoms with Gasteiger partial charge in [0, 0.05) is 6.04 Å². The number of hydrogen-bond donors (Lipinski definition) is 1. The summed E-state index contributed by atoms with van der Waals surface area (Å²) in [4.78, 5) is 25.6. The molecular weight excluding hydrogens is 258 g/mol. The summed E-state index contributed by atoms with van der Waals surface area (Å²) in [6, 6.07) is -0.675. The standard InChI is InChI=1S/C15H25NO4/c1-15(2,3)20-14(19)16(11-8-9-11)12(13(17)18)10-6-4-5-7-10/h10-12H,4-9H2,1-3H3,(H,17,18). The normalized spacial score (nSPS) is 21.6. The number of hydrogen-bond acceptors (Lipinski definition) is 3. The van der Waals surface area contributed by atoms with Crippen LogP contribution in [0, 0.1) is 5.92 Å². The Kier molecular flexibility index (Phi) is 4.25. The molecule has 0 heterocycles. The maximum atomic E-state index is 12.4. The average molecular weight is 283 g/mol. The monoisotopic (exact) mass is 283 g/mol. The lowest BCUT2D eigenvalue weighted by molar-refractivity contribution is -0.145. The smallest absolute Gasteiger partial charge is 0.411 e. The van der Waals surface area contributed by atoms with E-state index in [1.165, 1.54) is 4.90 Å². The first kappa shape index (κ1) is 15.1. The first-order valence-corrected chi connectivity index (χ1v) is 7.54. The molecule has 0 aromatic carbocycles. The highest BCUT2D eigenvalue weighted by Gasteiger charge is 2.46. The van der Waals surface area contributed by atoms with Gasteiger partial charge in [-0.05, 0) is 52.4 Å². The summed E-state index contributed by atoms with van der Waals surface area (Å²) in [6.45, 7) is 5.42. The molecule has 2 rings (SSSR count). The van der Waals surface area contributed by atoms with Crippen LogP contribution in [0.5, 0.6) is 0 Å². The Morgan fingerprint density at radius 2 is 1.70 bits per heavy atom. The lowest BCUT2D eigenvalue weighted by Gasteiger charge is -2.34. The van der Waals surface area contributed by atoms with E-state index in [0.717, 1.165) is 38.5 Å². The topological polar surface area (TPSA) is 66.8 Å². The van der Waals surface area contributed by atoms with Crippen molar-refractivity contribution in [2.45, 2.75) is 77.0 Å². The molecule has 5 heteroatoms. The van der Waals surface area contributed by atoms with Gasteiger partial charge < -0.3 is 9.84 Å². The van der Waals surface area contributed by atoms with E-state index in [-0.39, 0.29) is 12.0 Å². The van der Waals surface area contributed by atoms with Crippen LogP contribution in [0.4, 0.5) is 4.79 Å². The van der Waals surface area contributed by atoms with Crippen molar-refractivity contribution in [2.75, 3.05) is 0 Å². The Labute approximate surface area is 120 Å². The predicted molar refractivity (Wildman–Crippen MR) is 74.5 cm³/mol. The zero-order valence-electron chi connectivity index (χ0n) is 12.6. The van der Waals surface area contributed by atoms with Crippen LogP contribution in [0.3, 0.4) is 0 Å². The largest absolute Gasteiger partial charge is 0.480 e.